The third-order valence-electron chi connectivity index (χ3n) is 7.99. The number of H-pyrrole nitrogens is 1. The van der Waals surface area contributed by atoms with E-state index in [9.17, 15) is 19.1 Å². The monoisotopic (exact) mass is 566 g/mol. The summed E-state index contributed by atoms with van der Waals surface area (Å²) >= 11 is 0. The molecule has 5 rings (SSSR count). The van der Waals surface area contributed by atoms with Gasteiger partial charge in [-0.1, -0.05) is 13.0 Å². The first-order valence-corrected chi connectivity index (χ1v) is 14.2. The van der Waals surface area contributed by atoms with Crippen LogP contribution >= 0.6 is 0 Å². The summed E-state index contributed by atoms with van der Waals surface area (Å²) in [5.41, 5.74) is 2.22. The number of rotatable bonds is 2. The lowest BCUT2D eigenvalue weighted by Crippen LogP contribution is -2.64. The van der Waals surface area contributed by atoms with E-state index in [1.54, 1.807) is 11.0 Å². The van der Waals surface area contributed by atoms with Crippen LogP contribution in [-0.4, -0.2) is 91.0 Å². The van der Waals surface area contributed by atoms with Crippen molar-refractivity contribution in [2.45, 2.75) is 71.4 Å². The number of aromatic amines is 1. The number of para-hydroxylation sites is 1. The molecule has 0 saturated carbocycles. The van der Waals surface area contributed by atoms with Gasteiger partial charge in [-0.05, 0) is 71.2 Å². The highest BCUT2D eigenvalue weighted by atomic mass is 19.1. The highest BCUT2D eigenvalue weighted by Gasteiger charge is 2.42. The first-order chi connectivity index (χ1) is 19.3. The summed E-state index contributed by atoms with van der Waals surface area (Å²) in [6, 6.07) is 6.12. The zero-order valence-corrected chi connectivity index (χ0v) is 24.6. The van der Waals surface area contributed by atoms with Gasteiger partial charge in [0, 0.05) is 55.3 Å². The van der Waals surface area contributed by atoms with Crippen LogP contribution in [0, 0.1) is 5.82 Å². The van der Waals surface area contributed by atoms with Gasteiger partial charge in [0.1, 0.15) is 5.60 Å². The number of carbonyl (C=O) groups excluding carboxylic acids is 2. The number of hydrogen-bond donors (Lipinski definition) is 2. The minimum atomic E-state index is -0.715. The molecule has 1 saturated heterocycles. The lowest BCUT2D eigenvalue weighted by Gasteiger charge is -2.48. The molecule has 3 aromatic rings. The fourth-order valence-corrected chi connectivity index (χ4v) is 5.90. The molecule has 2 aromatic heterocycles. The van der Waals surface area contributed by atoms with Crippen molar-refractivity contribution in [3.63, 3.8) is 0 Å². The third kappa shape index (κ3) is 5.54. The number of nitrogens with zero attached hydrogens (tertiary/aromatic N) is 5. The van der Waals surface area contributed by atoms with Gasteiger partial charge in [-0.15, -0.1) is 10.2 Å². The predicted octanol–water partition coefficient (Wildman–Crippen LogP) is 5.27. The number of halogens is 1. The second-order valence-electron chi connectivity index (χ2n) is 12.6. The molecule has 0 spiro atoms. The molecule has 1 fully saturated rings. The van der Waals surface area contributed by atoms with Gasteiger partial charge in [0.2, 0.25) is 0 Å². The Balaban J connectivity index is 1.37. The Hall–Kier alpha value is -3.89. The highest BCUT2D eigenvalue weighted by Crippen LogP contribution is 2.36. The van der Waals surface area contributed by atoms with Gasteiger partial charge in [-0.2, -0.15) is 0 Å². The van der Waals surface area contributed by atoms with Gasteiger partial charge < -0.3 is 29.5 Å². The molecule has 0 bridgehead atoms. The third-order valence-corrected chi connectivity index (χ3v) is 7.99. The zero-order valence-electron chi connectivity index (χ0n) is 24.6. The number of nitrogens with one attached hydrogen (secondary N) is 1. The van der Waals surface area contributed by atoms with Gasteiger partial charge in [-0.25, -0.2) is 14.0 Å². The summed E-state index contributed by atoms with van der Waals surface area (Å²) in [5.74, 6) is -1.12. The fraction of sp³-hybridized carbons (Fsp3) is 0.533. The molecular weight excluding hydrogens is 527 g/mol. The van der Waals surface area contributed by atoms with E-state index in [-0.39, 0.29) is 23.6 Å². The second-order valence-corrected chi connectivity index (χ2v) is 12.6. The van der Waals surface area contributed by atoms with E-state index >= 15 is 0 Å². The van der Waals surface area contributed by atoms with Crippen LogP contribution in [0.2, 0.25) is 0 Å². The van der Waals surface area contributed by atoms with Gasteiger partial charge >= 0.3 is 12.1 Å². The molecular formula is C30H39FN6O4. The Morgan fingerprint density at radius 1 is 1.17 bits per heavy atom. The topological polar surface area (TPSA) is 115 Å². The Labute approximate surface area is 239 Å². The summed E-state index contributed by atoms with van der Waals surface area (Å²) in [4.78, 5) is 35.6. The van der Waals surface area contributed by atoms with Crippen molar-refractivity contribution in [3.05, 3.63) is 41.3 Å². The van der Waals surface area contributed by atoms with Crippen molar-refractivity contribution in [1.29, 1.82) is 0 Å². The molecule has 4 heterocycles. The summed E-state index contributed by atoms with van der Waals surface area (Å²) in [5, 5.41) is 19.7. The molecule has 1 unspecified atom stereocenters. The van der Waals surface area contributed by atoms with Gasteiger partial charge in [-0.3, -0.25) is 0 Å². The number of amides is 3. The number of aromatic hydroxyl groups is 1. The van der Waals surface area contributed by atoms with Gasteiger partial charge in [0.05, 0.1) is 11.2 Å². The molecule has 220 valence electrons. The Bertz CT molecular complexity index is 1480. The fourth-order valence-electron chi connectivity index (χ4n) is 5.90. The molecule has 3 amide bonds. The zero-order chi connectivity index (χ0) is 29.7. The van der Waals surface area contributed by atoms with Crippen molar-refractivity contribution in [1.82, 2.24) is 29.9 Å². The van der Waals surface area contributed by atoms with Crippen LogP contribution in [0.4, 0.5) is 14.0 Å². The molecule has 1 atom stereocenters. The molecule has 41 heavy (non-hydrogen) atoms. The first kappa shape index (κ1) is 28.6. The number of phenols is 1. The number of phenolic OH excluding ortho intramolecular Hbond substituents is 1. The molecule has 10 nitrogen and oxygen atoms in total. The summed E-state index contributed by atoms with van der Waals surface area (Å²) in [7, 11) is 0. The lowest BCUT2D eigenvalue weighted by molar-refractivity contribution is -0.00827. The number of hydrogen-bond acceptors (Lipinski definition) is 6. The van der Waals surface area contributed by atoms with Crippen LogP contribution in [0.3, 0.4) is 0 Å². The molecule has 2 N–H and O–H groups in total. The lowest BCUT2D eigenvalue weighted by atomic mass is 9.97. The number of carbonyl (C=O) groups is 2. The van der Waals surface area contributed by atoms with E-state index in [2.05, 4.69) is 22.1 Å². The molecule has 2 aliphatic heterocycles. The van der Waals surface area contributed by atoms with Crippen molar-refractivity contribution >= 4 is 23.2 Å². The molecule has 1 aromatic carbocycles. The van der Waals surface area contributed by atoms with Crippen molar-refractivity contribution in [2.75, 3.05) is 32.7 Å². The van der Waals surface area contributed by atoms with E-state index in [0.717, 1.165) is 23.1 Å². The first-order valence-electron chi connectivity index (χ1n) is 14.2. The van der Waals surface area contributed by atoms with E-state index in [1.165, 1.54) is 12.1 Å². The predicted molar refractivity (Wildman–Crippen MR) is 153 cm³/mol. The summed E-state index contributed by atoms with van der Waals surface area (Å²) < 4.78 is 19.6. The van der Waals surface area contributed by atoms with Crippen molar-refractivity contribution < 1.29 is 23.8 Å². The smallest absolute Gasteiger partial charge is 0.410 e. The Morgan fingerprint density at radius 2 is 1.93 bits per heavy atom. The Kier molecular flexibility index (Phi) is 7.33. The number of urea groups is 1. The summed E-state index contributed by atoms with van der Waals surface area (Å²) in [6.07, 6.45) is 1.05. The molecule has 0 radical (unpaired) electrons. The van der Waals surface area contributed by atoms with Gasteiger partial charge in [0.25, 0.3) is 0 Å². The number of piperazine rings is 1. The number of fused-ring (bicyclic) bond motifs is 3. The van der Waals surface area contributed by atoms with Gasteiger partial charge in [0.15, 0.2) is 17.2 Å². The van der Waals surface area contributed by atoms with E-state index in [0.29, 0.717) is 50.5 Å². The molecule has 2 aliphatic rings. The van der Waals surface area contributed by atoms with E-state index < -0.39 is 22.7 Å². The SMILES string of the molecule is CCC1CN(C(=O)N2CCN(C(=O)OC(C)(C)C)CC2(C)C)CCc2c1[nH]c1nnc(-c3cccc(F)c3O)cc21. The van der Waals surface area contributed by atoms with Crippen LogP contribution in [0.5, 0.6) is 5.75 Å². The van der Waals surface area contributed by atoms with E-state index in [1.807, 2.05) is 50.5 Å². The standard InChI is InChI=1S/C30H39FN6O4/c1-7-18-16-35(27(39)37-14-13-36(17-30(37,5)6)28(40)41-29(2,3)4)12-11-19-21-15-23(33-34-26(21)32-24(18)19)20-9-8-10-22(31)25(20)38/h8-10,15,18,38H,7,11-14,16-17H2,1-6H3,(H,32,34). The summed E-state index contributed by atoms with van der Waals surface area (Å²) in [6.45, 7) is 13.9. The quantitative estimate of drug-likeness (QED) is 0.437. The Morgan fingerprint density at radius 3 is 2.61 bits per heavy atom. The van der Waals surface area contributed by atoms with Crippen molar-refractivity contribution in [3.8, 4) is 17.0 Å². The second kappa shape index (κ2) is 10.5. The average molecular weight is 567 g/mol. The normalized spacial score (nSPS) is 19.2. The van der Waals surface area contributed by atoms with Crippen LogP contribution in [0.25, 0.3) is 22.3 Å². The maximum atomic E-state index is 14.0. The molecule has 0 aliphatic carbocycles. The largest absolute Gasteiger partial charge is 0.504 e. The minimum absolute atomic E-state index is 0.0445. The number of aromatic nitrogens is 3. The minimum Gasteiger partial charge on any atom is -0.504 e. The van der Waals surface area contributed by atoms with Crippen LogP contribution in [-0.2, 0) is 11.2 Å². The number of ether oxygens (including phenoxy) is 1. The maximum absolute atomic E-state index is 14.0. The van der Waals surface area contributed by atoms with Crippen LogP contribution in [0.15, 0.2) is 24.3 Å². The average Bonchev–Trinajstić information content (AvgIpc) is 3.15. The van der Waals surface area contributed by atoms with Crippen LogP contribution < -0.4 is 0 Å². The van der Waals surface area contributed by atoms with Crippen LogP contribution in [0.1, 0.15) is 65.1 Å². The highest BCUT2D eigenvalue weighted by molar-refractivity contribution is 5.86. The number of benzene rings is 1. The van der Waals surface area contributed by atoms with E-state index in [4.69, 9.17) is 4.74 Å². The maximum Gasteiger partial charge on any atom is 0.410 e. The molecule has 11 heteroatoms. The van der Waals surface area contributed by atoms with Crippen molar-refractivity contribution in [2.24, 2.45) is 0 Å².